The molecule has 3 nitrogen and oxygen atoms in total. The SMILES string of the molecule is CCCOc1ccc(C(NN)c2cc(Br)cs2)cc1. The van der Waals surface area contributed by atoms with Crippen molar-refractivity contribution in [2.75, 3.05) is 6.61 Å². The smallest absolute Gasteiger partial charge is 0.119 e. The van der Waals surface area contributed by atoms with E-state index in [1.165, 1.54) is 4.88 Å². The highest BCUT2D eigenvalue weighted by atomic mass is 79.9. The monoisotopic (exact) mass is 340 g/mol. The van der Waals surface area contributed by atoms with Gasteiger partial charge in [0.1, 0.15) is 5.75 Å². The molecule has 3 N–H and O–H groups in total. The standard InChI is InChI=1S/C14H17BrN2OS/c1-2-7-18-12-5-3-10(4-6-12)14(17-16)13-8-11(15)9-19-13/h3-6,8-9,14,17H,2,7,16H2,1H3. The van der Waals surface area contributed by atoms with Crippen molar-refractivity contribution in [3.63, 3.8) is 0 Å². The first kappa shape index (κ1) is 14.5. The van der Waals surface area contributed by atoms with Gasteiger partial charge in [-0.3, -0.25) is 5.84 Å². The van der Waals surface area contributed by atoms with Gasteiger partial charge in [-0.15, -0.1) is 11.3 Å². The summed E-state index contributed by atoms with van der Waals surface area (Å²) >= 11 is 5.14. The molecule has 1 unspecified atom stereocenters. The van der Waals surface area contributed by atoms with E-state index in [2.05, 4.69) is 39.7 Å². The molecule has 0 aliphatic carbocycles. The van der Waals surface area contributed by atoms with Gasteiger partial charge in [0.25, 0.3) is 0 Å². The van der Waals surface area contributed by atoms with E-state index in [1.54, 1.807) is 11.3 Å². The molecule has 0 bridgehead atoms. The molecule has 102 valence electrons. The predicted octanol–water partition coefficient (Wildman–Crippen LogP) is 3.85. The van der Waals surface area contributed by atoms with Crippen LogP contribution >= 0.6 is 27.3 Å². The van der Waals surface area contributed by atoms with E-state index in [-0.39, 0.29) is 6.04 Å². The van der Waals surface area contributed by atoms with Crippen molar-refractivity contribution in [1.82, 2.24) is 5.43 Å². The minimum absolute atomic E-state index is 0.0107. The number of thiophene rings is 1. The number of ether oxygens (including phenoxy) is 1. The fourth-order valence-electron chi connectivity index (χ4n) is 1.80. The van der Waals surface area contributed by atoms with Crippen LogP contribution in [0.2, 0.25) is 0 Å². The van der Waals surface area contributed by atoms with Crippen LogP contribution in [0.3, 0.4) is 0 Å². The van der Waals surface area contributed by atoms with E-state index in [0.29, 0.717) is 0 Å². The lowest BCUT2D eigenvalue weighted by Crippen LogP contribution is -2.28. The van der Waals surface area contributed by atoms with Gasteiger partial charge in [-0.2, -0.15) is 0 Å². The largest absolute Gasteiger partial charge is 0.494 e. The van der Waals surface area contributed by atoms with Crippen molar-refractivity contribution < 1.29 is 4.74 Å². The molecule has 1 aromatic heterocycles. The Morgan fingerprint density at radius 3 is 2.63 bits per heavy atom. The molecule has 1 heterocycles. The van der Waals surface area contributed by atoms with Gasteiger partial charge < -0.3 is 4.74 Å². The van der Waals surface area contributed by atoms with Gasteiger partial charge in [0.05, 0.1) is 12.6 Å². The van der Waals surface area contributed by atoms with E-state index in [0.717, 1.165) is 28.8 Å². The molecule has 5 heteroatoms. The Morgan fingerprint density at radius 1 is 1.37 bits per heavy atom. The molecule has 0 spiro atoms. The highest BCUT2D eigenvalue weighted by Crippen LogP contribution is 2.30. The fraction of sp³-hybridized carbons (Fsp3) is 0.286. The van der Waals surface area contributed by atoms with E-state index in [4.69, 9.17) is 10.6 Å². The molecule has 0 fully saturated rings. The summed E-state index contributed by atoms with van der Waals surface area (Å²) in [6.07, 6.45) is 1.01. The second kappa shape index (κ2) is 7.05. The van der Waals surface area contributed by atoms with Crippen LogP contribution in [0.25, 0.3) is 0 Å². The van der Waals surface area contributed by atoms with Gasteiger partial charge in [0, 0.05) is 14.7 Å². The Balaban J connectivity index is 2.15. The summed E-state index contributed by atoms with van der Waals surface area (Å²) in [6.45, 7) is 2.84. The lowest BCUT2D eigenvalue weighted by Gasteiger charge is -2.15. The van der Waals surface area contributed by atoms with Crippen LogP contribution in [-0.2, 0) is 0 Å². The number of rotatable bonds is 6. The summed E-state index contributed by atoms with van der Waals surface area (Å²) < 4.78 is 6.66. The maximum absolute atomic E-state index is 5.67. The average Bonchev–Trinajstić information content (AvgIpc) is 2.85. The predicted molar refractivity (Wildman–Crippen MR) is 83.4 cm³/mol. The van der Waals surface area contributed by atoms with E-state index >= 15 is 0 Å². The van der Waals surface area contributed by atoms with Crippen molar-refractivity contribution in [3.8, 4) is 5.75 Å². The topological polar surface area (TPSA) is 47.3 Å². The van der Waals surface area contributed by atoms with Crippen molar-refractivity contribution in [2.45, 2.75) is 19.4 Å². The van der Waals surface area contributed by atoms with Crippen molar-refractivity contribution in [1.29, 1.82) is 0 Å². The number of nitrogens with one attached hydrogen (secondary N) is 1. The molecule has 1 aromatic carbocycles. The normalized spacial score (nSPS) is 12.4. The second-order valence-corrected chi connectivity index (χ2v) is 6.04. The van der Waals surface area contributed by atoms with Crippen LogP contribution in [0, 0.1) is 0 Å². The first-order valence-corrected chi connectivity index (χ1v) is 7.84. The zero-order valence-electron chi connectivity index (χ0n) is 10.7. The molecule has 2 aromatic rings. The third-order valence-electron chi connectivity index (χ3n) is 2.73. The first-order chi connectivity index (χ1) is 9.24. The summed E-state index contributed by atoms with van der Waals surface area (Å²) in [5.41, 5.74) is 3.99. The molecule has 1 atom stereocenters. The van der Waals surface area contributed by atoms with Crippen LogP contribution in [0.5, 0.6) is 5.75 Å². The van der Waals surface area contributed by atoms with E-state index in [9.17, 15) is 0 Å². The van der Waals surface area contributed by atoms with Gasteiger partial charge in [0.15, 0.2) is 0 Å². The zero-order chi connectivity index (χ0) is 13.7. The maximum atomic E-state index is 5.67. The van der Waals surface area contributed by atoms with Gasteiger partial charge in [-0.1, -0.05) is 19.1 Å². The summed E-state index contributed by atoms with van der Waals surface area (Å²) in [4.78, 5) is 1.18. The lowest BCUT2D eigenvalue weighted by atomic mass is 10.1. The summed E-state index contributed by atoms with van der Waals surface area (Å²) in [5.74, 6) is 6.57. The quantitative estimate of drug-likeness (QED) is 0.620. The third-order valence-corrected chi connectivity index (χ3v) is 4.48. The Morgan fingerprint density at radius 2 is 2.11 bits per heavy atom. The van der Waals surface area contributed by atoms with Crippen LogP contribution in [0.15, 0.2) is 40.2 Å². The van der Waals surface area contributed by atoms with Crippen LogP contribution in [0.4, 0.5) is 0 Å². The van der Waals surface area contributed by atoms with Gasteiger partial charge >= 0.3 is 0 Å². The zero-order valence-corrected chi connectivity index (χ0v) is 13.1. The molecule has 2 rings (SSSR count). The molecule has 19 heavy (non-hydrogen) atoms. The van der Waals surface area contributed by atoms with Crippen molar-refractivity contribution >= 4 is 27.3 Å². The maximum Gasteiger partial charge on any atom is 0.119 e. The molecule has 0 saturated heterocycles. The summed E-state index contributed by atoms with van der Waals surface area (Å²) in [6, 6.07) is 10.1. The number of benzene rings is 1. The highest BCUT2D eigenvalue weighted by Gasteiger charge is 2.14. The molecule has 0 aliphatic heterocycles. The Bertz CT molecular complexity index is 512. The van der Waals surface area contributed by atoms with Crippen LogP contribution in [-0.4, -0.2) is 6.61 Å². The molecular formula is C14H17BrN2OS. The fourth-order valence-corrected chi connectivity index (χ4v) is 3.33. The molecule has 0 saturated carbocycles. The average molecular weight is 341 g/mol. The molecule has 0 aliphatic rings. The number of halogens is 1. The van der Waals surface area contributed by atoms with E-state index in [1.807, 2.05) is 24.3 Å². The second-order valence-electron chi connectivity index (χ2n) is 4.18. The number of hydrazine groups is 1. The first-order valence-electron chi connectivity index (χ1n) is 6.17. The van der Waals surface area contributed by atoms with Gasteiger partial charge in [0.2, 0.25) is 0 Å². The van der Waals surface area contributed by atoms with Crippen LogP contribution in [0.1, 0.15) is 29.8 Å². The minimum Gasteiger partial charge on any atom is -0.494 e. The van der Waals surface area contributed by atoms with Crippen molar-refractivity contribution in [3.05, 3.63) is 50.6 Å². The number of nitrogens with two attached hydrogens (primary N) is 1. The molecule has 0 radical (unpaired) electrons. The van der Waals surface area contributed by atoms with Gasteiger partial charge in [-0.05, 0) is 46.1 Å². The van der Waals surface area contributed by atoms with Crippen molar-refractivity contribution in [2.24, 2.45) is 5.84 Å². The highest BCUT2D eigenvalue weighted by molar-refractivity contribution is 9.10. The minimum atomic E-state index is 0.0107. The van der Waals surface area contributed by atoms with Gasteiger partial charge in [-0.25, -0.2) is 5.43 Å². The third kappa shape index (κ3) is 3.79. The Labute approximate surface area is 125 Å². The molecular weight excluding hydrogens is 324 g/mol. The van der Waals surface area contributed by atoms with Crippen LogP contribution < -0.4 is 16.0 Å². The lowest BCUT2D eigenvalue weighted by molar-refractivity contribution is 0.317. The Hall–Kier alpha value is -0.880. The molecule has 0 amide bonds. The summed E-state index contributed by atoms with van der Waals surface area (Å²) in [7, 11) is 0. The van der Waals surface area contributed by atoms with E-state index < -0.39 is 0 Å². The number of hydrogen-bond acceptors (Lipinski definition) is 4. The summed E-state index contributed by atoms with van der Waals surface area (Å²) in [5, 5.41) is 2.05. The Kier molecular flexibility index (Phi) is 5.39. The number of hydrogen-bond donors (Lipinski definition) is 2.